The van der Waals surface area contributed by atoms with Gasteiger partial charge >= 0.3 is 0 Å². The molecular weight excluding hydrogens is 365 g/mol. The van der Waals surface area contributed by atoms with Crippen LogP contribution in [-0.2, 0) is 11.3 Å². The lowest BCUT2D eigenvalue weighted by molar-refractivity contribution is -0.129. The summed E-state index contributed by atoms with van der Waals surface area (Å²) in [6.07, 6.45) is 1.80. The van der Waals surface area contributed by atoms with Gasteiger partial charge in [0.2, 0.25) is 5.91 Å². The van der Waals surface area contributed by atoms with Crippen molar-refractivity contribution in [2.75, 3.05) is 11.5 Å². The number of nitrogens with two attached hydrogens (primary N) is 1. The molecule has 1 heterocycles. The number of thioether (sulfide) groups is 1. The van der Waals surface area contributed by atoms with E-state index in [1.165, 1.54) is 12.1 Å². The highest BCUT2D eigenvalue weighted by Crippen LogP contribution is 2.31. The number of nitrogens with zero attached hydrogens (tertiary/aromatic N) is 4. The highest BCUT2D eigenvalue weighted by molar-refractivity contribution is 8.00. The van der Waals surface area contributed by atoms with Gasteiger partial charge in [0.15, 0.2) is 0 Å². The molecule has 8 heteroatoms. The molecule has 0 atom stereocenters. The van der Waals surface area contributed by atoms with Crippen LogP contribution < -0.4 is 5.73 Å². The molecule has 3 rings (SSSR count). The molecule has 0 unspecified atom stereocenters. The third-order valence-corrected chi connectivity index (χ3v) is 5.17. The zero-order valence-corrected chi connectivity index (χ0v) is 15.2. The largest absolute Gasteiger partial charge is 0.383 e. The molecule has 1 aliphatic carbocycles. The number of hydrogen-bond donors (Lipinski definition) is 1. The number of amides is 1. The average molecular weight is 381 g/mol. The molecule has 1 aromatic carbocycles. The summed E-state index contributed by atoms with van der Waals surface area (Å²) in [7, 11) is 0. The molecule has 0 bridgehead atoms. The van der Waals surface area contributed by atoms with Gasteiger partial charge < -0.3 is 10.6 Å². The number of rotatable bonds is 6. The molecule has 27 heavy (non-hydrogen) atoms. The Kier molecular flexibility index (Phi) is 5.58. The van der Waals surface area contributed by atoms with Crippen molar-refractivity contribution < 1.29 is 9.18 Å². The minimum Gasteiger partial charge on any atom is -0.383 e. The van der Waals surface area contributed by atoms with Crippen molar-refractivity contribution in [1.82, 2.24) is 9.88 Å². The number of hydrogen-bond acceptors (Lipinski definition) is 6. The molecular formula is C19H16FN5OS. The second-order valence-corrected chi connectivity index (χ2v) is 7.09. The minimum absolute atomic E-state index is 0.0249. The number of halogens is 1. The number of pyridine rings is 1. The van der Waals surface area contributed by atoms with E-state index in [0.717, 1.165) is 24.6 Å². The normalized spacial score (nSPS) is 12.9. The van der Waals surface area contributed by atoms with Gasteiger partial charge in [0.05, 0.1) is 16.9 Å². The van der Waals surface area contributed by atoms with Gasteiger partial charge in [-0.25, -0.2) is 9.37 Å². The van der Waals surface area contributed by atoms with E-state index in [4.69, 9.17) is 11.0 Å². The van der Waals surface area contributed by atoms with Gasteiger partial charge in [0.1, 0.15) is 28.8 Å². The first kappa shape index (κ1) is 18.7. The Morgan fingerprint density at radius 1 is 1.30 bits per heavy atom. The molecule has 2 N–H and O–H groups in total. The van der Waals surface area contributed by atoms with Gasteiger partial charge in [0, 0.05) is 18.2 Å². The number of aromatic nitrogens is 1. The number of carbonyl (C=O) groups is 1. The fourth-order valence-corrected chi connectivity index (χ4v) is 3.47. The maximum atomic E-state index is 13.9. The third kappa shape index (κ3) is 4.36. The maximum Gasteiger partial charge on any atom is 0.233 e. The van der Waals surface area contributed by atoms with E-state index >= 15 is 0 Å². The average Bonchev–Trinajstić information content (AvgIpc) is 3.50. The lowest BCUT2D eigenvalue weighted by atomic mass is 10.2. The first-order valence-corrected chi connectivity index (χ1v) is 9.28. The van der Waals surface area contributed by atoms with Gasteiger partial charge in [-0.3, -0.25) is 4.79 Å². The van der Waals surface area contributed by atoms with E-state index in [1.54, 1.807) is 23.1 Å². The topological polar surface area (TPSA) is 107 Å². The standard InChI is InChI=1S/C19H16FN5OS/c20-16-4-2-1-3-12(16)10-25(15-5-6-15)17(26)11-27-19-14(9-22)7-13(8-21)18(23)24-19/h1-4,7,15H,5-6,10-11H2,(H2,23,24). The lowest BCUT2D eigenvalue weighted by Crippen LogP contribution is -2.34. The van der Waals surface area contributed by atoms with Crippen molar-refractivity contribution in [1.29, 1.82) is 10.5 Å². The van der Waals surface area contributed by atoms with Crippen LogP contribution >= 0.6 is 11.8 Å². The summed E-state index contributed by atoms with van der Waals surface area (Å²) in [5.74, 6) is -0.411. The van der Waals surface area contributed by atoms with E-state index in [9.17, 15) is 14.4 Å². The summed E-state index contributed by atoms with van der Waals surface area (Å²) in [5.41, 5.74) is 6.50. The van der Waals surface area contributed by atoms with Gasteiger partial charge in [-0.2, -0.15) is 10.5 Å². The van der Waals surface area contributed by atoms with Crippen LogP contribution in [0.5, 0.6) is 0 Å². The van der Waals surface area contributed by atoms with Gasteiger partial charge in [-0.05, 0) is 25.0 Å². The van der Waals surface area contributed by atoms with Crippen LogP contribution in [0.15, 0.2) is 35.4 Å². The molecule has 1 fully saturated rings. The molecule has 1 aromatic heterocycles. The van der Waals surface area contributed by atoms with E-state index in [1.807, 2.05) is 12.1 Å². The number of anilines is 1. The van der Waals surface area contributed by atoms with Crippen LogP contribution in [0.25, 0.3) is 0 Å². The van der Waals surface area contributed by atoms with Gasteiger partial charge in [0.25, 0.3) is 0 Å². The molecule has 2 aromatic rings. The molecule has 136 valence electrons. The van der Waals surface area contributed by atoms with Crippen molar-refractivity contribution >= 4 is 23.5 Å². The SMILES string of the molecule is N#Cc1cc(C#N)c(SCC(=O)N(Cc2ccccc2F)C2CC2)nc1N. The highest BCUT2D eigenvalue weighted by Gasteiger charge is 2.33. The third-order valence-electron chi connectivity index (χ3n) is 4.20. The molecule has 0 spiro atoms. The van der Waals surface area contributed by atoms with Crippen molar-refractivity contribution in [2.45, 2.75) is 30.5 Å². The van der Waals surface area contributed by atoms with Crippen LogP contribution in [-0.4, -0.2) is 27.6 Å². The van der Waals surface area contributed by atoms with Crippen molar-refractivity contribution in [3.8, 4) is 12.1 Å². The second-order valence-electron chi connectivity index (χ2n) is 6.13. The molecule has 0 aliphatic heterocycles. The van der Waals surface area contributed by atoms with Crippen LogP contribution in [0.1, 0.15) is 29.5 Å². The molecule has 6 nitrogen and oxygen atoms in total. The zero-order valence-electron chi connectivity index (χ0n) is 14.4. The Balaban J connectivity index is 1.72. The Hall–Kier alpha value is -3.10. The monoisotopic (exact) mass is 381 g/mol. The summed E-state index contributed by atoms with van der Waals surface area (Å²) >= 11 is 1.09. The van der Waals surface area contributed by atoms with Crippen molar-refractivity contribution in [3.63, 3.8) is 0 Å². The van der Waals surface area contributed by atoms with E-state index in [2.05, 4.69) is 4.98 Å². The Labute approximate surface area is 160 Å². The minimum atomic E-state index is -0.336. The first-order valence-electron chi connectivity index (χ1n) is 8.30. The summed E-state index contributed by atoms with van der Waals surface area (Å²) in [6.45, 7) is 0.213. The molecule has 1 aliphatic rings. The highest BCUT2D eigenvalue weighted by atomic mass is 32.2. The quantitative estimate of drug-likeness (QED) is 0.771. The fourth-order valence-electron chi connectivity index (χ4n) is 2.62. The smallest absolute Gasteiger partial charge is 0.233 e. The second kappa shape index (κ2) is 8.07. The van der Waals surface area contributed by atoms with Crippen LogP contribution in [0.2, 0.25) is 0 Å². The molecule has 1 amide bonds. The molecule has 1 saturated carbocycles. The van der Waals surface area contributed by atoms with E-state index in [-0.39, 0.29) is 47.0 Å². The van der Waals surface area contributed by atoms with Crippen molar-refractivity contribution in [3.05, 3.63) is 52.8 Å². The van der Waals surface area contributed by atoms with E-state index < -0.39 is 0 Å². The summed E-state index contributed by atoms with van der Waals surface area (Å²) in [5, 5.41) is 18.5. The predicted octanol–water partition coefficient (Wildman–Crippen LogP) is 2.83. The van der Waals surface area contributed by atoms with Crippen LogP contribution in [0.4, 0.5) is 10.2 Å². The Bertz CT molecular complexity index is 962. The lowest BCUT2D eigenvalue weighted by Gasteiger charge is -2.22. The van der Waals surface area contributed by atoms with Crippen LogP contribution in [0, 0.1) is 28.5 Å². The number of nitrogen functional groups attached to an aromatic ring is 1. The zero-order chi connectivity index (χ0) is 19.4. The number of nitriles is 2. The Morgan fingerprint density at radius 3 is 2.63 bits per heavy atom. The van der Waals surface area contributed by atoms with Gasteiger partial charge in [-0.15, -0.1) is 0 Å². The Morgan fingerprint density at radius 2 is 2.00 bits per heavy atom. The molecule has 0 radical (unpaired) electrons. The first-order chi connectivity index (χ1) is 13.0. The predicted molar refractivity (Wildman–Crippen MR) is 98.8 cm³/mol. The summed E-state index contributed by atoms with van der Waals surface area (Å²) < 4.78 is 13.9. The molecule has 0 saturated heterocycles. The van der Waals surface area contributed by atoms with Crippen molar-refractivity contribution in [2.24, 2.45) is 0 Å². The summed E-state index contributed by atoms with van der Waals surface area (Å²) in [4.78, 5) is 18.5. The number of carbonyl (C=O) groups excluding carboxylic acids is 1. The van der Waals surface area contributed by atoms with Crippen LogP contribution in [0.3, 0.4) is 0 Å². The van der Waals surface area contributed by atoms with Gasteiger partial charge in [-0.1, -0.05) is 30.0 Å². The maximum absolute atomic E-state index is 13.9. The van der Waals surface area contributed by atoms with E-state index in [0.29, 0.717) is 10.6 Å². The number of benzene rings is 1. The summed E-state index contributed by atoms with van der Waals surface area (Å²) in [6, 6.07) is 11.7. The fraction of sp³-hybridized carbons (Fsp3) is 0.263.